The molecule has 4 nitrogen and oxygen atoms in total. The molecule has 6 heteroatoms. The second-order valence-corrected chi connectivity index (χ2v) is 9.36. The van der Waals surface area contributed by atoms with Crippen molar-refractivity contribution in [3.05, 3.63) is 0 Å². The fourth-order valence-electron chi connectivity index (χ4n) is 3.50. The molecule has 0 aromatic heterocycles. The van der Waals surface area contributed by atoms with Gasteiger partial charge >= 0.3 is 29.6 Å². The molecule has 0 radical (unpaired) electrons. The summed E-state index contributed by atoms with van der Waals surface area (Å²) in [5.41, 5.74) is 0. The molecule has 0 saturated heterocycles. The van der Waals surface area contributed by atoms with Gasteiger partial charge in [-0.25, -0.2) is 8.42 Å². The van der Waals surface area contributed by atoms with E-state index in [1.54, 1.807) is 0 Å². The van der Waals surface area contributed by atoms with Crippen LogP contribution in [-0.4, -0.2) is 29.4 Å². The summed E-state index contributed by atoms with van der Waals surface area (Å²) in [5, 5.41) is 8.95. The summed E-state index contributed by atoms with van der Waals surface area (Å²) >= 11 is 0. The zero-order chi connectivity index (χ0) is 19.7. The van der Waals surface area contributed by atoms with Crippen LogP contribution in [0.2, 0.25) is 0 Å². The fourth-order valence-corrected chi connectivity index (χ4v) is 4.48. The van der Waals surface area contributed by atoms with E-state index in [2.05, 4.69) is 13.8 Å². The number of aliphatic hydroxyl groups excluding tert-OH is 1. The van der Waals surface area contributed by atoms with Crippen molar-refractivity contribution in [2.24, 2.45) is 0 Å². The van der Waals surface area contributed by atoms with E-state index >= 15 is 0 Å². The number of aliphatic hydroxyl groups is 1. The molecule has 0 heterocycles. The zero-order valence-electron chi connectivity index (χ0n) is 18.3. The minimum absolute atomic E-state index is 0. The molecular weight excluding hydrogens is 371 g/mol. The third-order valence-electron chi connectivity index (χ3n) is 5.25. The minimum atomic E-state index is -4.42. The number of hydrogen-bond donors (Lipinski definition) is 1. The van der Waals surface area contributed by atoms with Crippen molar-refractivity contribution in [3.8, 4) is 0 Å². The SMILES string of the molecule is CCCCCCCCCCCCCCC(C(O)CCCCC)S(=O)(=O)[O-].[Na+]. The summed E-state index contributed by atoms with van der Waals surface area (Å²) in [5.74, 6) is 0. The summed E-state index contributed by atoms with van der Waals surface area (Å²) < 4.78 is 34.3. The van der Waals surface area contributed by atoms with Gasteiger partial charge in [0.2, 0.25) is 0 Å². The summed E-state index contributed by atoms with van der Waals surface area (Å²) in [4.78, 5) is 0. The Morgan fingerprint density at radius 1 is 0.667 bits per heavy atom. The molecule has 1 N–H and O–H groups in total. The molecule has 27 heavy (non-hydrogen) atoms. The van der Waals surface area contributed by atoms with Crippen LogP contribution in [0.4, 0.5) is 0 Å². The summed E-state index contributed by atoms with van der Waals surface area (Å²) in [6.45, 7) is 4.29. The predicted molar refractivity (Wildman–Crippen MR) is 109 cm³/mol. The average molecular weight is 415 g/mol. The van der Waals surface area contributed by atoms with E-state index in [0.29, 0.717) is 19.3 Å². The topological polar surface area (TPSA) is 77.4 Å². The van der Waals surface area contributed by atoms with Gasteiger partial charge < -0.3 is 9.66 Å². The number of hydrogen-bond acceptors (Lipinski definition) is 4. The Kier molecular flexibility index (Phi) is 22.4. The molecule has 0 fully saturated rings. The van der Waals surface area contributed by atoms with Gasteiger partial charge in [0.15, 0.2) is 0 Å². The van der Waals surface area contributed by atoms with Gasteiger partial charge in [0.05, 0.1) is 11.4 Å². The molecule has 2 atom stereocenters. The predicted octanol–water partition coefficient (Wildman–Crippen LogP) is 2.94. The normalized spacial score (nSPS) is 13.9. The molecule has 0 aromatic rings. The van der Waals surface area contributed by atoms with Gasteiger partial charge in [-0.3, -0.25) is 0 Å². The van der Waals surface area contributed by atoms with E-state index < -0.39 is 21.5 Å². The molecule has 0 rings (SSSR count). The molecule has 0 aliphatic heterocycles. The van der Waals surface area contributed by atoms with Gasteiger partial charge in [0.1, 0.15) is 10.1 Å². The van der Waals surface area contributed by atoms with Crippen LogP contribution in [0.25, 0.3) is 0 Å². The van der Waals surface area contributed by atoms with Gasteiger partial charge in [-0.2, -0.15) is 0 Å². The zero-order valence-corrected chi connectivity index (χ0v) is 21.1. The fraction of sp³-hybridized carbons (Fsp3) is 1.00. The van der Waals surface area contributed by atoms with E-state index in [1.165, 1.54) is 57.8 Å². The van der Waals surface area contributed by atoms with Crippen LogP contribution in [0.15, 0.2) is 0 Å². The standard InChI is InChI=1S/C21H44O4S.Na/c1-3-5-7-8-9-10-11-12-13-14-15-17-19-21(26(23,24)25)20(22)18-16-6-4-2;/h20-22H,3-19H2,1-2H3,(H,23,24,25);/q;+1/p-1. The summed E-state index contributed by atoms with van der Waals surface area (Å²) in [7, 11) is -4.42. The van der Waals surface area contributed by atoms with Crippen molar-refractivity contribution < 1.29 is 47.6 Å². The first kappa shape index (κ1) is 30.1. The van der Waals surface area contributed by atoms with E-state index in [4.69, 9.17) is 0 Å². The molecule has 0 spiro atoms. The molecule has 0 amide bonds. The first-order chi connectivity index (χ1) is 12.4. The molecule has 0 aromatic carbocycles. The van der Waals surface area contributed by atoms with Gasteiger partial charge in [0, 0.05) is 0 Å². The Labute approximate surface area is 191 Å². The van der Waals surface area contributed by atoms with Gasteiger partial charge in [0.25, 0.3) is 0 Å². The smallest absolute Gasteiger partial charge is 0.748 e. The van der Waals surface area contributed by atoms with Crippen molar-refractivity contribution >= 4 is 10.1 Å². The molecule has 0 bridgehead atoms. The number of unbranched alkanes of at least 4 members (excludes halogenated alkanes) is 13. The maximum Gasteiger partial charge on any atom is 1.00 e. The minimum Gasteiger partial charge on any atom is -0.748 e. The Hall–Kier alpha value is 0.870. The van der Waals surface area contributed by atoms with Crippen molar-refractivity contribution in [2.75, 3.05) is 0 Å². The number of rotatable bonds is 19. The molecule has 2 unspecified atom stereocenters. The maximum absolute atomic E-state index is 11.4. The average Bonchev–Trinajstić information content (AvgIpc) is 2.58. The van der Waals surface area contributed by atoms with Crippen LogP contribution in [-0.2, 0) is 10.1 Å². The third-order valence-corrected chi connectivity index (χ3v) is 6.54. The second-order valence-electron chi connectivity index (χ2n) is 7.77. The van der Waals surface area contributed by atoms with Crippen molar-refractivity contribution in [2.45, 2.75) is 134 Å². The third kappa shape index (κ3) is 18.6. The largest absolute Gasteiger partial charge is 1.00 e. The van der Waals surface area contributed by atoms with Crippen molar-refractivity contribution in [1.29, 1.82) is 0 Å². The van der Waals surface area contributed by atoms with Crippen LogP contribution in [0, 0.1) is 0 Å². The van der Waals surface area contributed by atoms with Gasteiger partial charge in [-0.05, 0) is 12.8 Å². The Morgan fingerprint density at radius 2 is 1.00 bits per heavy atom. The molecule has 158 valence electrons. The van der Waals surface area contributed by atoms with Crippen LogP contribution in [0.1, 0.15) is 123 Å². The Bertz CT molecular complexity index is 401. The Balaban J connectivity index is 0. The van der Waals surface area contributed by atoms with E-state index in [9.17, 15) is 18.1 Å². The van der Waals surface area contributed by atoms with E-state index in [1.807, 2.05) is 0 Å². The summed E-state index contributed by atoms with van der Waals surface area (Å²) in [6, 6.07) is 0. The molecule has 0 aliphatic rings. The summed E-state index contributed by atoms with van der Waals surface area (Å²) in [6.07, 6.45) is 17.0. The quantitative estimate of drug-likeness (QED) is 0.200. The Morgan fingerprint density at radius 3 is 1.41 bits per heavy atom. The second kappa shape index (κ2) is 20.2. The van der Waals surface area contributed by atoms with Crippen molar-refractivity contribution in [1.82, 2.24) is 0 Å². The maximum atomic E-state index is 11.4. The monoisotopic (exact) mass is 414 g/mol. The van der Waals surface area contributed by atoms with Crippen LogP contribution < -0.4 is 29.6 Å². The molecule has 0 aliphatic carbocycles. The van der Waals surface area contributed by atoms with Crippen LogP contribution in [0.3, 0.4) is 0 Å². The van der Waals surface area contributed by atoms with E-state index in [-0.39, 0.29) is 29.6 Å². The van der Waals surface area contributed by atoms with Gasteiger partial charge in [-0.1, -0.05) is 110 Å². The molecule has 0 saturated carbocycles. The van der Waals surface area contributed by atoms with Crippen molar-refractivity contribution in [3.63, 3.8) is 0 Å². The molecular formula is C21H43NaO4S. The van der Waals surface area contributed by atoms with E-state index in [0.717, 1.165) is 32.1 Å². The first-order valence-electron chi connectivity index (χ1n) is 11.1. The first-order valence-corrected chi connectivity index (χ1v) is 12.5. The van der Waals surface area contributed by atoms with Gasteiger partial charge in [-0.15, -0.1) is 0 Å². The van der Waals surface area contributed by atoms with Crippen LogP contribution >= 0.6 is 0 Å². The van der Waals surface area contributed by atoms with Crippen LogP contribution in [0.5, 0.6) is 0 Å².